The molecule has 0 spiro atoms. The van der Waals surface area contributed by atoms with Crippen LogP contribution in [-0.2, 0) is 41.4 Å². The molecular formula is C40H56O12. The highest BCUT2D eigenvalue weighted by Gasteiger charge is 2.36. The van der Waals surface area contributed by atoms with Crippen molar-refractivity contribution in [3.8, 4) is 28.7 Å². The van der Waals surface area contributed by atoms with Gasteiger partial charge in [0.15, 0.2) is 17.3 Å². The lowest BCUT2D eigenvalue weighted by atomic mass is 9.88. The lowest BCUT2D eigenvalue weighted by molar-refractivity contribution is -0.152. The van der Waals surface area contributed by atoms with Crippen molar-refractivity contribution in [2.75, 3.05) is 55.9 Å². The van der Waals surface area contributed by atoms with Crippen LogP contribution in [0.1, 0.15) is 99.9 Å². The maximum atomic E-state index is 14.0. The standard InChI is InChI=1S/C40H56O12/c1-25(13-12-19-39(2,3)50-23-34(42)46-8)14-15-27-26(16-17-30(44-6)37(27)48-10)32-21-29(41)36-33(52-32)22-31(45-7)28(38(36)49-11)18-20-40(4,5)51-24-35(43)47-9/h14,16-17,22,32H,12-13,15,18-21,23-24H2,1-11H3/b25-14+. The molecule has 0 N–H and O–H groups in total. The third kappa shape index (κ3) is 11.1. The first-order chi connectivity index (χ1) is 24.6. The van der Waals surface area contributed by atoms with Crippen LogP contribution in [0.2, 0.25) is 0 Å². The van der Waals surface area contributed by atoms with Gasteiger partial charge in [-0.15, -0.1) is 0 Å². The number of carbonyl (C=O) groups is 3. The third-order valence-electron chi connectivity index (χ3n) is 9.28. The predicted octanol–water partition coefficient (Wildman–Crippen LogP) is 6.96. The second-order valence-electron chi connectivity index (χ2n) is 13.9. The van der Waals surface area contributed by atoms with Gasteiger partial charge in [0.05, 0.1) is 60.3 Å². The second-order valence-corrected chi connectivity index (χ2v) is 13.9. The summed E-state index contributed by atoms with van der Waals surface area (Å²) < 4.78 is 50.7. The van der Waals surface area contributed by atoms with Crippen molar-refractivity contribution in [1.82, 2.24) is 0 Å². The Morgan fingerprint density at radius 3 is 1.96 bits per heavy atom. The SMILES string of the molecule is COC(=O)COC(C)(C)CCC/C(C)=C/Cc1c(C2CC(=O)c3c(cc(OC)c(CCC(C)(C)OCC(=O)OC)c3OC)O2)ccc(OC)c1OC. The molecule has 1 unspecified atom stereocenters. The average Bonchev–Trinajstić information content (AvgIpc) is 3.12. The number of rotatable bonds is 20. The van der Waals surface area contributed by atoms with Gasteiger partial charge in [-0.05, 0) is 79.2 Å². The molecule has 0 aromatic heterocycles. The Bertz CT molecular complexity index is 1590. The lowest BCUT2D eigenvalue weighted by Crippen LogP contribution is -2.29. The zero-order valence-electron chi connectivity index (χ0n) is 32.6. The van der Waals surface area contributed by atoms with Crippen molar-refractivity contribution >= 4 is 17.7 Å². The van der Waals surface area contributed by atoms with E-state index >= 15 is 0 Å². The number of hydrogen-bond acceptors (Lipinski definition) is 12. The molecule has 0 saturated carbocycles. The Morgan fingerprint density at radius 1 is 0.808 bits per heavy atom. The first kappa shape index (κ1) is 42.1. The molecule has 0 radical (unpaired) electrons. The molecule has 1 atom stereocenters. The molecule has 0 bridgehead atoms. The number of fused-ring (bicyclic) bond motifs is 1. The fourth-order valence-electron chi connectivity index (χ4n) is 6.18. The van der Waals surface area contributed by atoms with Crippen LogP contribution in [0.15, 0.2) is 29.8 Å². The molecule has 288 valence electrons. The number of esters is 2. The summed E-state index contributed by atoms with van der Waals surface area (Å²) in [6, 6.07) is 5.48. The molecule has 12 heteroatoms. The molecule has 1 aliphatic heterocycles. The third-order valence-corrected chi connectivity index (χ3v) is 9.28. The van der Waals surface area contributed by atoms with Crippen molar-refractivity contribution in [2.24, 2.45) is 0 Å². The summed E-state index contributed by atoms with van der Waals surface area (Å²) in [6.45, 7) is 9.52. The van der Waals surface area contributed by atoms with Gasteiger partial charge < -0.3 is 42.6 Å². The van der Waals surface area contributed by atoms with Crippen molar-refractivity contribution in [3.05, 3.63) is 52.1 Å². The first-order valence-corrected chi connectivity index (χ1v) is 17.4. The molecule has 12 nitrogen and oxygen atoms in total. The van der Waals surface area contributed by atoms with Crippen molar-refractivity contribution < 1.29 is 57.0 Å². The summed E-state index contributed by atoms with van der Waals surface area (Å²) >= 11 is 0. The van der Waals surface area contributed by atoms with Crippen LogP contribution in [0.5, 0.6) is 28.7 Å². The number of ether oxygens (including phenoxy) is 9. The van der Waals surface area contributed by atoms with Crippen LogP contribution in [0, 0.1) is 0 Å². The highest BCUT2D eigenvalue weighted by atomic mass is 16.6. The van der Waals surface area contributed by atoms with E-state index in [1.807, 2.05) is 39.8 Å². The quantitative estimate of drug-likeness (QED) is 0.103. The number of hydrogen-bond donors (Lipinski definition) is 0. The minimum atomic E-state index is -0.668. The molecule has 0 amide bonds. The van der Waals surface area contributed by atoms with Crippen LogP contribution in [0.4, 0.5) is 0 Å². The van der Waals surface area contributed by atoms with Gasteiger partial charge in [0.2, 0.25) is 0 Å². The van der Waals surface area contributed by atoms with Gasteiger partial charge in [-0.1, -0.05) is 17.7 Å². The molecule has 1 aliphatic rings. The highest BCUT2D eigenvalue weighted by molar-refractivity contribution is 6.03. The zero-order chi connectivity index (χ0) is 38.6. The minimum Gasteiger partial charge on any atom is -0.496 e. The van der Waals surface area contributed by atoms with Crippen LogP contribution in [0.25, 0.3) is 0 Å². The Balaban J connectivity index is 1.89. The van der Waals surface area contributed by atoms with E-state index in [9.17, 15) is 14.4 Å². The van der Waals surface area contributed by atoms with Gasteiger partial charge in [0.1, 0.15) is 42.1 Å². The van der Waals surface area contributed by atoms with Crippen LogP contribution in [0.3, 0.4) is 0 Å². The molecule has 2 aromatic rings. The van der Waals surface area contributed by atoms with E-state index in [0.29, 0.717) is 59.1 Å². The van der Waals surface area contributed by atoms with E-state index in [1.165, 1.54) is 26.9 Å². The van der Waals surface area contributed by atoms with E-state index in [0.717, 1.165) is 30.4 Å². The van der Waals surface area contributed by atoms with Crippen molar-refractivity contribution in [1.29, 1.82) is 0 Å². The molecule has 1 heterocycles. The predicted molar refractivity (Wildman–Crippen MR) is 195 cm³/mol. The van der Waals surface area contributed by atoms with E-state index < -0.39 is 29.2 Å². The summed E-state index contributed by atoms with van der Waals surface area (Å²) in [4.78, 5) is 37.2. The molecule has 3 rings (SSSR count). The van der Waals surface area contributed by atoms with Crippen LogP contribution >= 0.6 is 0 Å². The normalized spacial score (nSPS) is 14.6. The fourth-order valence-corrected chi connectivity index (χ4v) is 6.18. The number of ketones is 1. The maximum absolute atomic E-state index is 14.0. The van der Waals surface area contributed by atoms with Crippen molar-refractivity contribution in [2.45, 2.75) is 96.9 Å². The Hall–Kier alpha value is -4.29. The number of benzene rings is 2. The van der Waals surface area contributed by atoms with Gasteiger partial charge in [-0.2, -0.15) is 0 Å². The minimum absolute atomic E-state index is 0.0781. The Kier molecular flexibility index (Phi) is 15.4. The van der Waals surface area contributed by atoms with E-state index in [4.69, 9.17) is 37.9 Å². The van der Waals surface area contributed by atoms with Gasteiger partial charge in [0, 0.05) is 22.8 Å². The number of Topliss-reactive ketones (excluding diaryl/α,β-unsaturated/α-hetero) is 1. The topological polar surface area (TPSA) is 134 Å². The smallest absolute Gasteiger partial charge is 0.331 e. The largest absolute Gasteiger partial charge is 0.496 e. The second kappa shape index (κ2) is 19.0. The summed E-state index contributed by atoms with van der Waals surface area (Å²) in [5.74, 6) is 1.43. The molecule has 0 fully saturated rings. The van der Waals surface area contributed by atoms with Gasteiger partial charge in [-0.3, -0.25) is 4.79 Å². The Labute approximate surface area is 308 Å². The average molecular weight is 729 g/mol. The summed E-state index contributed by atoms with van der Waals surface area (Å²) in [5.41, 5.74) is 2.77. The van der Waals surface area contributed by atoms with E-state index in [1.54, 1.807) is 27.4 Å². The van der Waals surface area contributed by atoms with E-state index in [-0.39, 0.29) is 25.4 Å². The molecule has 0 saturated heterocycles. The van der Waals surface area contributed by atoms with Crippen LogP contribution in [-0.4, -0.2) is 84.8 Å². The van der Waals surface area contributed by atoms with E-state index in [2.05, 4.69) is 17.7 Å². The van der Waals surface area contributed by atoms with Crippen molar-refractivity contribution in [3.63, 3.8) is 0 Å². The summed E-state index contributed by atoms with van der Waals surface area (Å²) in [6.07, 6.45) is 5.55. The number of allylic oxidation sites excluding steroid dienone is 2. The molecule has 2 aromatic carbocycles. The monoisotopic (exact) mass is 728 g/mol. The van der Waals surface area contributed by atoms with Gasteiger partial charge in [-0.25, -0.2) is 9.59 Å². The molecule has 0 aliphatic carbocycles. The lowest BCUT2D eigenvalue weighted by Gasteiger charge is -2.31. The number of methoxy groups -OCH3 is 6. The molecular weight excluding hydrogens is 672 g/mol. The zero-order valence-corrected chi connectivity index (χ0v) is 32.6. The van der Waals surface area contributed by atoms with Crippen LogP contribution < -0.4 is 23.7 Å². The summed E-state index contributed by atoms with van der Waals surface area (Å²) in [5, 5.41) is 0. The van der Waals surface area contributed by atoms with Gasteiger partial charge in [0.25, 0.3) is 0 Å². The Morgan fingerprint density at radius 2 is 1.40 bits per heavy atom. The maximum Gasteiger partial charge on any atom is 0.331 e. The number of carbonyl (C=O) groups excluding carboxylic acids is 3. The first-order valence-electron chi connectivity index (χ1n) is 17.4. The fraction of sp³-hybridized carbons (Fsp3) is 0.575. The molecule has 52 heavy (non-hydrogen) atoms. The summed E-state index contributed by atoms with van der Waals surface area (Å²) in [7, 11) is 8.92. The highest BCUT2D eigenvalue weighted by Crippen LogP contribution is 2.48. The van der Waals surface area contributed by atoms with Gasteiger partial charge >= 0.3 is 11.9 Å².